The highest BCUT2D eigenvalue weighted by molar-refractivity contribution is 6.37. The van der Waals surface area contributed by atoms with Crippen molar-refractivity contribution in [2.45, 2.75) is 98.8 Å². The smallest absolute Gasteiger partial charge is 0.315 e. The number of rotatable bonds is 11. The molecular weight excluding hydrogens is 524 g/mol. The van der Waals surface area contributed by atoms with Crippen molar-refractivity contribution in [3.05, 3.63) is 0 Å². The molecule has 11 nitrogen and oxygen atoms in total. The van der Waals surface area contributed by atoms with Gasteiger partial charge in [-0.05, 0) is 54.5 Å². The highest BCUT2D eigenvalue weighted by atomic mass is 16.2. The van der Waals surface area contributed by atoms with Crippen molar-refractivity contribution in [3.8, 4) is 0 Å². The standard InChI is InChI=1S/C30H52N6O5/c1-28(2,3)19(15-35(9)10)33-27(41)34-23(29(4,5)6)26(40)36-14-17-20(30(17,7)8)21(36)25(39)32-18(13-16-11-12-16)22(37)24(31)38/h16-21,23H,11-15H2,1-10H3,(H2,31,38)(H,32,39)(H2,33,34,41)/t17-,18?,19+,20-,21-,23+/m0/s1. The molecule has 0 radical (unpaired) electrons. The zero-order chi connectivity index (χ0) is 31.2. The number of carbonyl (C=O) groups is 5. The SMILES string of the molecule is CN(C)C[C@@H](NC(=O)N[C@H](C(=O)N1C[C@H]2[C@@H]([C@H]1C(=O)NC(CC1CC1)C(=O)C(N)=O)C2(C)C)C(C)(C)C)C(C)(C)C. The van der Waals surface area contributed by atoms with Gasteiger partial charge in [0.2, 0.25) is 17.6 Å². The molecule has 0 aromatic carbocycles. The summed E-state index contributed by atoms with van der Waals surface area (Å²) in [5.74, 6) is -2.38. The molecule has 2 saturated carbocycles. The summed E-state index contributed by atoms with van der Waals surface area (Å²) in [4.78, 5) is 69.0. The topological polar surface area (TPSA) is 154 Å². The minimum absolute atomic E-state index is 0.0866. The highest BCUT2D eigenvalue weighted by Crippen LogP contribution is 2.65. The Morgan fingerprint density at radius 3 is 2.00 bits per heavy atom. The Morgan fingerprint density at radius 1 is 0.951 bits per heavy atom. The number of amides is 5. The molecule has 1 saturated heterocycles. The van der Waals surface area contributed by atoms with Gasteiger partial charge in [0.25, 0.3) is 5.91 Å². The number of Topliss-reactive ketones (excluding diaryl/α,β-unsaturated/α-hetero) is 1. The zero-order valence-electron chi connectivity index (χ0n) is 26.6. The van der Waals surface area contributed by atoms with Crippen LogP contribution in [0.25, 0.3) is 0 Å². The number of hydrogen-bond donors (Lipinski definition) is 4. The van der Waals surface area contributed by atoms with Crippen molar-refractivity contribution in [2.75, 3.05) is 27.2 Å². The van der Waals surface area contributed by atoms with Crippen LogP contribution in [0.4, 0.5) is 4.79 Å². The van der Waals surface area contributed by atoms with Gasteiger partial charge in [0.05, 0.1) is 6.04 Å². The fourth-order valence-corrected chi connectivity index (χ4v) is 6.21. The highest BCUT2D eigenvalue weighted by Gasteiger charge is 2.70. The van der Waals surface area contributed by atoms with Crippen molar-refractivity contribution >= 4 is 29.5 Å². The summed E-state index contributed by atoms with van der Waals surface area (Å²) in [5, 5.41) is 8.75. The number of fused-ring (bicyclic) bond motifs is 1. The number of hydrogen-bond acceptors (Lipinski definition) is 6. The fraction of sp³-hybridized carbons (Fsp3) is 0.833. The van der Waals surface area contributed by atoms with Crippen molar-refractivity contribution in [1.29, 1.82) is 0 Å². The van der Waals surface area contributed by atoms with Gasteiger partial charge in [-0.1, -0.05) is 68.2 Å². The number of likely N-dealkylation sites (tertiary alicyclic amines) is 1. The quantitative estimate of drug-likeness (QED) is 0.273. The van der Waals surface area contributed by atoms with Crippen LogP contribution in [-0.4, -0.2) is 90.7 Å². The molecule has 5 N–H and O–H groups in total. The number of piperidine rings is 1. The lowest BCUT2D eigenvalue weighted by Crippen LogP contribution is -2.62. The summed E-state index contributed by atoms with van der Waals surface area (Å²) < 4.78 is 0. The van der Waals surface area contributed by atoms with E-state index in [4.69, 9.17) is 5.73 Å². The predicted octanol–water partition coefficient (Wildman–Crippen LogP) is 1.50. The first kappa shape index (κ1) is 32.8. The second-order valence-corrected chi connectivity index (χ2v) is 15.5. The maximum atomic E-state index is 14.1. The van der Waals surface area contributed by atoms with Gasteiger partial charge in [-0.3, -0.25) is 19.2 Å². The summed E-state index contributed by atoms with van der Waals surface area (Å²) in [6, 6.07) is -3.32. The normalized spacial score (nSPS) is 25.5. The van der Waals surface area contributed by atoms with Gasteiger partial charge in [-0.25, -0.2) is 4.79 Å². The molecule has 1 heterocycles. The third-order valence-electron chi connectivity index (χ3n) is 9.19. The van der Waals surface area contributed by atoms with Gasteiger partial charge in [-0.2, -0.15) is 0 Å². The molecule has 0 spiro atoms. The molecule has 1 aliphatic heterocycles. The summed E-state index contributed by atoms with van der Waals surface area (Å²) >= 11 is 0. The molecule has 5 amide bonds. The second-order valence-electron chi connectivity index (χ2n) is 15.5. The monoisotopic (exact) mass is 576 g/mol. The molecule has 3 fully saturated rings. The van der Waals surface area contributed by atoms with Gasteiger partial charge >= 0.3 is 6.03 Å². The van der Waals surface area contributed by atoms with E-state index in [0.29, 0.717) is 19.5 Å². The minimum atomic E-state index is -1.08. The largest absolute Gasteiger partial charge is 0.363 e. The average Bonchev–Trinajstić information content (AvgIpc) is 3.66. The number of primary amides is 1. The van der Waals surface area contributed by atoms with E-state index in [0.717, 1.165) is 12.8 Å². The van der Waals surface area contributed by atoms with Gasteiger partial charge in [0.15, 0.2) is 0 Å². The summed E-state index contributed by atoms with van der Waals surface area (Å²) in [6.45, 7) is 16.9. The molecule has 3 aliphatic rings. The van der Waals surface area contributed by atoms with Crippen LogP contribution in [0, 0.1) is 34.0 Å². The second kappa shape index (κ2) is 11.5. The molecule has 1 unspecified atom stereocenters. The van der Waals surface area contributed by atoms with E-state index in [1.165, 1.54) is 0 Å². The molecule has 41 heavy (non-hydrogen) atoms. The van der Waals surface area contributed by atoms with Crippen molar-refractivity contribution < 1.29 is 24.0 Å². The third kappa shape index (κ3) is 7.59. The number of nitrogens with two attached hydrogens (primary N) is 1. The first-order chi connectivity index (χ1) is 18.7. The van der Waals surface area contributed by atoms with Crippen LogP contribution in [0.3, 0.4) is 0 Å². The van der Waals surface area contributed by atoms with Gasteiger partial charge in [0, 0.05) is 19.1 Å². The predicted molar refractivity (Wildman–Crippen MR) is 156 cm³/mol. The molecule has 2 aliphatic carbocycles. The Morgan fingerprint density at radius 2 is 1.54 bits per heavy atom. The van der Waals surface area contributed by atoms with Crippen LogP contribution >= 0.6 is 0 Å². The molecule has 11 heteroatoms. The van der Waals surface area contributed by atoms with Gasteiger partial charge in [0.1, 0.15) is 12.1 Å². The van der Waals surface area contributed by atoms with E-state index in [-0.39, 0.29) is 40.5 Å². The summed E-state index contributed by atoms with van der Waals surface area (Å²) in [7, 11) is 3.88. The number of nitrogens with one attached hydrogen (secondary N) is 3. The molecule has 0 bridgehead atoms. The van der Waals surface area contributed by atoms with Crippen molar-refractivity contribution in [1.82, 2.24) is 25.8 Å². The fourth-order valence-electron chi connectivity index (χ4n) is 6.21. The molecule has 0 aromatic rings. The summed E-state index contributed by atoms with van der Waals surface area (Å²) in [6.07, 6.45) is 2.24. The van der Waals surface area contributed by atoms with Crippen LogP contribution in [0.2, 0.25) is 0 Å². The van der Waals surface area contributed by atoms with E-state index >= 15 is 0 Å². The van der Waals surface area contributed by atoms with E-state index in [1.807, 2.05) is 39.8 Å². The van der Waals surface area contributed by atoms with E-state index in [9.17, 15) is 24.0 Å². The van der Waals surface area contributed by atoms with Crippen LogP contribution in [-0.2, 0) is 19.2 Å². The van der Waals surface area contributed by atoms with E-state index in [2.05, 4.69) is 50.6 Å². The van der Waals surface area contributed by atoms with Crippen molar-refractivity contribution in [3.63, 3.8) is 0 Å². The number of urea groups is 1. The third-order valence-corrected chi connectivity index (χ3v) is 9.19. The number of likely N-dealkylation sites (N-methyl/N-ethyl adjacent to an activating group) is 1. The number of ketones is 1. The first-order valence-electron chi connectivity index (χ1n) is 14.8. The first-order valence-corrected chi connectivity index (χ1v) is 14.8. The van der Waals surface area contributed by atoms with Gasteiger partial charge in [-0.15, -0.1) is 0 Å². The molecule has 3 rings (SSSR count). The van der Waals surface area contributed by atoms with Crippen LogP contribution in [0.15, 0.2) is 0 Å². The minimum Gasteiger partial charge on any atom is -0.363 e. The summed E-state index contributed by atoms with van der Waals surface area (Å²) in [5.41, 5.74) is 4.28. The zero-order valence-corrected chi connectivity index (χ0v) is 26.6. The molecular formula is C30H52N6O5. The Bertz CT molecular complexity index is 1050. The van der Waals surface area contributed by atoms with Crippen LogP contribution < -0.4 is 21.7 Å². The maximum absolute atomic E-state index is 14.1. The molecule has 0 aromatic heterocycles. The Balaban J connectivity index is 1.82. The van der Waals surface area contributed by atoms with Crippen LogP contribution in [0.1, 0.15) is 74.7 Å². The average molecular weight is 577 g/mol. The van der Waals surface area contributed by atoms with Gasteiger partial charge < -0.3 is 31.5 Å². The molecule has 232 valence electrons. The Hall–Kier alpha value is -2.69. The van der Waals surface area contributed by atoms with Crippen LogP contribution in [0.5, 0.6) is 0 Å². The van der Waals surface area contributed by atoms with Crippen molar-refractivity contribution in [2.24, 2.45) is 39.7 Å². The van der Waals surface area contributed by atoms with E-state index in [1.54, 1.807) is 4.90 Å². The Labute approximate surface area is 245 Å². The lowest BCUT2D eigenvalue weighted by Gasteiger charge is -2.39. The maximum Gasteiger partial charge on any atom is 0.315 e. The number of nitrogens with zero attached hydrogens (tertiary/aromatic N) is 2. The number of carbonyl (C=O) groups excluding carboxylic acids is 5. The van der Waals surface area contributed by atoms with E-state index < -0.39 is 47.2 Å². The molecule has 6 atom stereocenters. The lowest BCUT2D eigenvalue weighted by atomic mass is 9.85. The Kier molecular flexibility index (Phi) is 9.23. The lowest BCUT2D eigenvalue weighted by molar-refractivity contribution is -0.145.